The van der Waals surface area contributed by atoms with Gasteiger partial charge >= 0.3 is 0 Å². The van der Waals surface area contributed by atoms with Crippen molar-refractivity contribution in [2.75, 3.05) is 6.61 Å². The first-order valence-corrected chi connectivity index (χ1v) is 7.38. The van der Waals surface area contributed by atoms with Gasteiger partial charge in [0, 0.05) is 6.04 Å². The van der Waals surface area contributed by atoms with Crippen LogP contribution in [0.25, 0.3) is 0 Å². The summed E-state index contributed by atoms with van der Waals surface area (Å²) in [5.74, 6) is 6.57. The van der Waals surface area contributed by atoms with Crippen LogP contribution >= 0.6 is 0 Å². The molecule has 0 aliphatic carbocycles. The molecular weight excluding hydrogens is 260 g/mol. The van der Waals surface area contributed by atoms with E-state index in [2.05, 4.69) is 49.6 Å². The maximum atomic E-state index is 5.78. The smallest absolute Gasteiger partial charge is 0.119 e. The number of hydrogen-bond donors (Lipinski definition) is 2. The first-order chi connectivity index (χ1) is 10.2. The highest BCUT2D eigenvalue weighted by molar-refractivity contribution is 5.27. The second-order valence-electron chi connectivity index (χ2n) is 5.51. The second-order valence-corrected chi connectivity index (χ2v) is 5.51. The minimum atomic E-state index is 0.220. The Morgan fingerprint density at radius 2 is 1.81 bits per heavy atom. The molecule has 3 N–H and O–H groups in total. The van der Waals surface area contributed by atoms with Crippen molar-refractivity contribution >= 4 is 0 Å². The molecule has 0 spiro atoms. The number of ether oxygens (including phenoxy) is 1. The predicted molar refractivity (Wildman–Crippen MR) is 87.3 cm³/mol. The van der Waals surface area contributed by atoms with Gasteiger partial charge in [0.2, 0.25) is 0 Å². The molecule has 0 amide bonds. The number of aryl methyl sites for hydroxylation is 2. The lowest BCUT2D eigenvalue weighted by Gasteiger charge is -2.16. The Morgan fingerprint density at radius 3 is 2.48 bits per heavy atom. The van der Waals surface area contributed by atoms with Gasteiger partial charge in [0.25, 0.3) is 0 Å². The van der Waals surface area contributed by atoms with E-state index in [4.69, 9.17) is 10.6 Å². The molecule has 3 nitrogen and oxygen atoms in total. The van der Waals surface area contributed by atoms with Gasteiger partial charge in [-0.25, -0.2) is 0 Å². The SMILES string of the molecule is Cc1ccc(CC(CCOc2cccc(C)c2)NN)cc1. The Bertz CT molecular complexity index is 551. The molecule has 0 radical (unpaired) electrons. The van der Waals surface area contributed by atoms with E-state index in [1.807, 2.05) is 18.2 Å². The summed E-state index contributed by atoms with van der Waals surface area (Å²) in [6.45, 7) is 4.82. The largest absolute Gasteiger partial charge is 0.494 e. The van der Waals surface area contributed by atoms with E-state index in [0.717, 1.165) is 18.6 Å². The van der Waals surface area contributed by atoms with Crippen molar-refractivity contribution < 1.29 is 4.74 Å². The molecule has 1 atom stereocenters. The van der Waals surface area contributed by atoms with Crippen LogP contribution in [0.4, 0.5) is 0 Å². The fraction of sp³-hybridized carbons (Fsp3) is 0.333. The lowest BCUT2D eigenvalue weighted by molar-refractivity contribution is 0.285. The molecule has 0 aromatic heterocycles. The highest BCUT2D eigenvalue weighted by Gasteiger charge is 2.08. The standard InChI is InChI=1S/C18H24N2O/c1-14-6-8-16(9-7-14)13-17(20-19)10-11-21-18-5-3-4-15(2)12-18/h3-9,12,17,20H,10-11,13,19H2,1-2H3. The molecule has 2 aromatic carbocycles. The summed E-state index contributed by atoms with van der Waals surface area (Å²) < 4.78 is 5.78. The molecule has 0 saturated heterocycles. The van der Waals surface area contributed by atoms with Crippen molar-refractivity contribution in [3.8, 4) is 5.75 Å². The maximum absolute atomic E-state index is 5.78. The third-order valence-electron chi connectivity index (χ3n) is 3.56. The van der Waals surface area contributed by atoms with Gasteiger partial charge in [-0.1, -0.05) is 42.0 Å². The van der Waals surface area contributed by atoms with Crippen LogP contribution in [-0.4, -0.2) is 12.6 Å². The van der Waals surface area contributed by atoms with Crippen molar-refractivity contribution in [1.82, 2.24) is 5.43 Å². The van der Waals surface area contributed by atoms with Gasteiger partial charge < -0.3 is 4.74 Å². The van der Waals surface area contributed by atoms with E-state index < -0.39 is 0 Å². The van der Waals surface area contributed by atoms with Gasteiger partial charge in [-0.05, 0) is 49.9 Å². The van der Waals surface area contributed by atoms with E-state index in [-0.39, 0.29) is 6.04 Å². The quantitative estimate of drug-likeness (QED) is 0.606. The average molecular weight is 284 g/mol. The van der Waals surface area contributed by atoms with Crippen LogP contribution in [0.2, 0.25) is 0 Å². The molecule has 0 bridgehead atoms. The summed E-state index contributed by atoms with van der Waals surface area (Å²) in [5.41, 5.74) is 6.66. The average Bonchev–Trinajstić information content (AvgIpc) is 2.48. The van der Waals surface area contributed by atoms with Gasteiger partial charge in [0.15, 0.2) is 0 Å². The summed E-state index contributed by atoms with van der Waals surface area (Å²) in [5, 5.41) is 0. The van der Waals surface area contributed by atoms with Crippen molar-refractivity contribution in [2.24, 2.45) is 5.84 Å². The van der Waals surface area contributed by atoms with Crippen molar-refractivity contribution in [3.63, 3.8) is 0 Å². The molecule has 0 fully saturated rings. The summed E-state index contributed by atoms with van der Waals surface area (Å²) in [4.78, 5) is 0. The van der Waals surface area contributed by atoms with Crippen LogP contribution in [0.5, 0.6) is 5.75 Å². The summed E-state index contributed by atoms with van der Waals surface area (Å²) in [7, 11) is 0. The van der Waals surface area contributed by atoms with Crippen molar-refractivity contribution in [2.45, 2.75) is 32.7 Å². The van der Waals surface area contributed by atoms with E-state index in [1.54, 1.807) is 0 Å². The zero-order chi connectivity index (χ0) is 15.1. The van der Waals surface area contributed by atoms with Gasteiger partial charge in [-0.3, -0.25) is 11.3 Å². The topological polar surface area (TPSA) is 47.3 Å². The van der Waals surface area contributed by atoms with E-state index in [1.165, 1.54) is 16.7 Å². The van der Waals surface area contributed by atoms with Crippen LogP contribution in [0.15, 0.2) is 48.5 Å². The van der Waals surface area contributed by atoms with Gasteiger partial charge in [-0.2, -0.15) is 0 Å². The Morgan fingerprint density at radius 1 is 1.05 bits per heavy atom. The highest BCUT2D eigenvalue weighted by Crippen LogP contribution is 2.13. The first kappa shape index (κ1) is 15.5. The molecule has 0 aliphatic heterocycles. The predicted octanol–water partition coefficient (Wildman–Crippen LogP) is 3.15. The molecule has 112 valence electrons. The molecule has 21 heavy (non-hydrogen) atoms. The zero-order valence-corrected chi connectivity index (χ0v) is 12.8. The molecular formula is C18H24N2O. The normalized spacial score (nSPS) is 12.1. The summed E-state index contributed by atoms with van der Waals surface area (Å²) >= 11 is 0. The summed E-state index contributed by atoms with van der Waals surface area (Å²) in [6.07, 6.45) is 1.78. The molecule has 1 unspecified atom stereocenters. The Hall–Kier alpha value is -1.84. The molecule has 2 rings (SSSR count). The summed E-state index contributed by atoms with van der Waals surface area (Å²) in [6, 6.07) is 16.9. The minimum absolute atomic E-state index is 0.220. The molecule has 0 saturated carbocycles. The van der Waals surface area contributed by atoms with Crippen LogP contribution in [0, 0.1) is 13.8 Å². The zero-order valence-electron chi connectivity index (χ0n) is 12.8. The lowest BCUT2D eigenvalue weighted by Crippen LogP contribution is -2.37. The second kappa shape index (κ2) is 7.81. The van der Waals surface area contributed by atoms with Crippen LogP contribution in [-0.2, 0) is 6.42 Å². The van der Waals surface area contributed by atoms with Crippen LogP contribution in [0.1, 0.15) is 23.1 Å². The van der Waals surface area contributed by atoms with E-state index in [0.29, 0.717) is 6.61 Å². The minimum Gasteiger partial charge on any atom is -0.494 e. The lowest BCUT2D eigenvalue weighted by atomic mass is 10.0. The molecule has 2 aromatic rings. The Kier molecular flexibility index (Phi) is 5.78. The third kappa shape index (κ3) is 5.21. The highest BCUT2D eigenvalue weighted by atomic mass is 16.5. The fourth-order valence-corrected chi connectivity index (χ4v) is 2.28. The molecule has 3 heteroatoms. The number of benzene rings is 2. The van der Waals surface area contributed by atoms with Gasteiger partial charge in [0.1, 0.15) is 5.75 Å². The Balaban J connectivity index is 1.81. The van der Waals surface area contributed by atoms with Crippen LogP contribution < -0.4 is 16.0 Å². The number of rotatable bonds is 7. The van der Waals surface area contributed by atoms with Crippen LogP contribution in [0.3, 0.4) is 0 Å². The number of nitrogens with two attached hydrogens (primary N) is 1. The number of hydrazine groups is 1. The van der Waals surface area contributed by atoms with E-state index >= 15 is 0 Å². The third-order valence-corrected chi connectivity index (χ3v) is 3.56. The first-order valence-electron chi connectivity index (χ1n) is 7.38. The molecule has 0 heterocycles. The monoisotopic (exact) mass is 284 g/mol. The van der Waals surface area contributed by atoms with Gasteiger partial charge in [-0.15, -0.1) is 0 Å². The number of nitrogens with one attached hydrogen (secondary N) is 1. The number of hydrogen-bond acceptors (Lipinski definition) is 3. The van der Waals surface area contributed by atoms with E-state index in [9.17, 15) is 0 Å². The van der Waals surface area contributed by atoms with Crippen molar-refractivity contribution in [3.05, 3.63) is 65.2 Å². The Labute approximate surface area is 127 Å². The fourth-order valence-electron chi connectivity index (χ4n) is 2.28. The molecule has 0 aliphatic rings. The maximum Gasteiger partial charge on any atom is 0.119 e. The van der Waals surface area contributed by atoms with Gasteiger partial charge in [0.05, 0.1) is 6.61 Å². The van der Waals surface area contributed by atoms with Crippen molar-refractivity contribution in [1.29, 1.82) is 0 Å².